The van der Waals surface area contributed by atoms with Crippen LogP contribution in [-0.2, 0) is 4.79 Å². The summed E-state index contributed by atoms with van der Waals surface area (Å²) in [5.74, 6) is -0.107. The van der Waals surface area contributed by atoms with Gasteiger partial charge in [-0.15, -0.1) is 0 Å². The molecule has 6 heteroatoms. The summed E-state index contributed by atoms with van der Waals surface area (Å²) < 4.78 is 37.3. The van der Waals surface area contributed by atoms with Crippen LogP contribution in [0.1, 0.15) is 32.1 Å². The standard InChI is InChI=1S/C13H19F3N2O/c14-13(15,16)10-5-7-18(8-6-10)12(19)9-17-11-3-1-2-4-11/h5,11,17H,1-4,6-9H2. The van der Waals surface area contributed by atoms with Crippen molar-refractivity contribution >= 4 is 5.91 Å². The second-order valence-electron chi connectivity index (χ2n) is 5.18. The summed E-state index contributed by atoms with van der Waals surface area (Å²) in [7, 11) is 0. The number of hydrogen-bond acceptors (Lipinski definition) is 2. The smallest absolute Gasteiger partial charge is 0.338 e. The van der Waals surface area contributed by atoms with Crippen LogP contribution in [0.3, 0.4) is 0 Å². The summed E-state index contributed by atoms with van der Waals surface area (Å²) in [6.45, 7) is 0.469. The fourth-order valence-electron chi connectivity index (χ4n) is 2.63. The highest BCUT2D eigenvalue weighted by Gasteiger charge is 2.35. The number of carbonyl (C=O) groups excluding carboxylic acids is 1. The van der Waals surface area contributed by atoms with E-state index in [-0.39, 0.29) is 32.0 Å². The lowest BCUT2D eigenvalue weighted by molar-refractivity contribution is -0.131. The molecule has 3 nitrogen and oxygen atoms in total. The van der Waals surface area contributed by atoms with Crippen molar-refractivity contribution in [3.8, 4) is 0 Å². The number of hydrogen-bond donors (Lipinski definition) is 1. The lowest BCUT2D eigenvalue weighted by Gasteiger charge is -2.28. The SMILES string of the molecule is O=C(CNC1CCCC1)N1CC=C(C(F)(F)F)CC1. The van der Waals surface area contributed by atoms with Gasteiger partial charge in [-0.3, -0.25) is 4.79 Å². The summed E-state index contributed by atoms with van der Waals surface area (Å²) in [6.07, 6.45) is 1.32. The molecule has 1 aliphatic heterocycles. The highest BCUT2D eigenvalue weighted by Crippen LogP contribution is 2.30. The summed E-state index contributed by atoms with van der Waals surface area (Å²) in [6, 6.07) is 0.398. The average Bonchev–Trinajstić information content (AvgIpc) is 2.88. The molecule has 1 saturated carbocycles. The molecule has 0 saturated heterocycles. The molecule has 1 heterocycles. The third kappa shape index (κ3) is 3.96. The van der Waals surface area contributed by atoms with Crippen LogP contribution in [0.25, 0.3) is 0 Å². The Labute approximate surface area is 110 Å². The van der Waals surface area contributed by atoms with Crippen LogP contribution in [0.5, 0.6) is 0 Å². The third-order valence-electron chi connectivity index (χ3n) is 3.82. The number of alkyl halides is 3. The lowest BCUT2D eigenvalue weighted by atomic mass is 10.1. The van der Waals surface area contributed by atoms with E-state index in [9.17, 15) is 18.0 Å². The minimum atomic E-state index is -4.25. The predicted molar refractivity (Wildman–Crippen MR) is 65.6 cm³/mol. The van der Waals surface area contributed by atoms with E-state index in [1.807, 2.05) is 0 Å². The number of nitrogens with zero attached hydrogens (tertiary/aromatic N) is 1. The van der Waals surface area contributed by atoms with Crippen LogP contribution in [0.4, 0.5) is 13.2 Å². The minimum Gasteiger partial charge on any atom is -0.338 e. The van der Waals surface area contributed by atoms with Crippen molar-refractivity contribution < 1.29 is 18.0 Å². The first-order chi connectivity index (χ1) is 8.97. The molecule has 1 N–H and O–H groups in total. The maximum absolute atomic E-state index is 12.4. The quantitative estimate of drug-likeness (QED) is 0.802. The second kappa shape index (κ2) is 5.94. The Morgan fingerprint density at radius 3 is 2.58 bits per heavy atom. The van der Waals surface area contributed by atoms with Gasteiger partial charge in [-0.05, 0) is 19.3 Å². The van der Waals surface area contributed by atoms with Crippen LogP contribution in [-0.4, -0.2) is 42.7 Å². The van der Waals surface area contributed by atoms with Crippen LogP contribution >= 0.6 is 0 Å². The second-order valence-corrected chi connectivity index (χ2v) is 5.18. The predicted octanol–water partition coefficient (Wildman–Crippen LogP) is 2.24. The van der Waals surface area contributed by atoms with Gasteiger partial charge < -0.3 is 10.2 Å². The Bertz CT molecular complexity index is 359. The molecule has 0 spiro atoms. The van der Waals surface area contributed by atoms with Gasteiger partial charge in [0.1, 0.15) is 0 Å². The Hall–Kier alpha value is -1.04. The van der Waals surface area contributed by atoms with Gasteiger partial charge in [0, 0.05) is 24.7 Å². The van der Waals surface area contributed by atoms with E-state index in [4.69, 9.17) is 0 Å². The van der Waals surface area contributed by atoms with Crippen molar-refractivity contribution in [2.75, 3.05) is 19.6 Å². The van der Waals surface area contributed by atoms with Gasteiger partial charge in [-0.1, -0.05) is 18.9 Å². The normalized spacial score (nSPS) is 21.6. The van der Waals surface area contributed by atoms with Gasteiger partial charge >= 0.3 is 6.18 Å². The van der Waals surface area contributed by atoms with Crippen LogP contribution < -0.4 is 5.32 Å². The number of amides is 1. The molecule has 1 aliphatic carbocycles. The molecule has 19 heavy (non-hydrogen) atoms. The molecular weight excluding hydrogens is 257 g/mol. The van der Waals surface area contributed by atoms with Crippen molar-refractivity contribution in [3.05, 3.63) is 11.6 Å². The maximum Gasteiger partial charge on any atom is 0.412 e. The fourth-order valence-corrected chi connectivity index (χ4v) is 2.63. The largest absolute Gasteiger partial charge is 0.412 e. The number of halogens is 3. The Morgan fingerprint density at radius 2 is 2.05 bits per heavy atom. The molecule has 0 atom stereocenters. The molecule has 0 bridgehead atoms. The van der Waals surface area contributed by atoms with Gasteiger partial charge in [0.05, 0.1) is 6.54 Å². The van der Waals surface area contributed by atoms with Gasteiger partial charge in [0.25, 0.3) is 0 Å². The van der Waals surface area contributed by atoms with Crippen molar-refractivity contribution in [3.63, 3.8) is 0 Å². The van der Waals surface area contributed by atoms with Crippen molar-refractivity contribution in [2.24, 2.45) is 0 Å². The van der Waals surface area contributed by atoms with Gasteiger partial charge in [-0.25, -0.2) is 0 Å². The molecule has 108 valence electrons. The molecule has 2 aliphatic rings. The van der Waals surface area contributed by atoms with E-state index >= 15 is 0 Å². The molecule has 0 aromatic carbocycles. The molecule has 2 rings (SSSR count). The molecule has 0 aromatic rings. The first-order valence-corrected chi connectivity index (χ1v) is 6.74. The zero-order chi connectivity index (χ0) is 13.9. The lowest BCUT2D eigenvalue weighted by Crippen LogP contribution is -2.43. The zero-order valence-electron chi connectivity index (χ0n) is 10.8. The Balaban J connectivity index is 1.77. The van der Waals surface area contributed by atoms with Gasteiger partial charge in [0.2, 0.25) is 5.91 Å². The highest BCUT2D eigenvalue weighted by atomic mass is 19.4. The molecule has 0 unspecified atom stereocenters. The summed E-state index contributed by atoms with van der Waals surface area (Å²) in [4.78, 5) is 13.3. The molecular formula is C13H19F3N2O. The van der Waals surface area contributed by atoms with E-state index < -0.39 is 11.7 Å². The first kappa shape index (κ1) is 14.4. The maximum atomic E-state index is 12.4. The number of nitrogens with one attached hydrogen (secondary N) is 1. The average molecular weight is 276 g/mol. The highest BCUT2D eigenvalue weighted by molar-refractivity contribution is 5.78. The third-order valence-corrected chi connectivity index (χ3v) is 3.82. The molecule has 0 aromatic heterocycles. The van der Waals surface area contributed by atoms with E-state index in [1.165, 1.54) is 17.7 Å². The number of rotatable bonds is 3. The minimum absolute atomic E-state index is 0.0695. The topological polar surface area (TPSA) is 32.3 Å². The molecule has 0 radical (unpaired) electrons. The van der Waals surface area contributed by atoms with Crippen molar-refractivity contribution in [1.29, 1.82) is 0 Å². The molecule has 1 amide bonds. The monoisotopic (exact) mass is 276 g/mol. The fraction of sp³-hybridized carbons (Fsp3) is 0.769. The first-order valence-electron chi connectivity index (χ1n) is 6.74. The van der Waals surface area contributed by atoms with Crippen LogP contribution in [0.15, 0.2) is 11.6 Å². The van der Waals surface area contributed by atoms with E-state index in [2.05, 4.69) is 5.32 Å². The van der Waals surface area contributed by atoms with Crippen molar-refractivity contribution in [2.45, 2.75) is 44.3 Å². The van der Waals surface area contributed by atoms with Crippen molar-refractivity contribution in [1.82, 2.24) is 10.2 Å². The Morgan fingerprint density at radius 1 is 1.37 bits per heavy atom. The summed E-state index contributed by atoms with van der Waals surface area (Å²) in [5.41, 5.74) is -0.514. The van der Waals surface area contributed by atoms with Crippen LogP contribution in [0, 0.1) is 0 Å². The van der Waals surface area contributed by atoms with Gasteiger partial charge in [0.15, 0.2) is 0 Å². The van der Waals surface area contributed by atoms with E-state index in [1.54, 1.807) is 0 Å². The summed E-state index contributed by atoms with van der Waals surface area (Å²) in [5, 5.41) is 3.19. The van der Waals surface area contributed by atoms with Gasteiger partial charge in [-0.2, -0.15) is 13.2 Å². The zero-order valence-corrected chi connectivity index (χ0v) is 10.8. The number of carbonyl (C=O) groups is 1. The van der Waals surface area contributed by atoms with E-state index in [0.29, 0.717) is 6.04 Å². The van der Waals surface area contributed by atoms with Crippen LogP contribution in [0.2, 0.25) is 0 Å². The Kier molecular flexibility index (Phi) is 4.50. The van der Waals surface area contributed by atoms with E-state index in [0.717, 1.165) is 18.9 Å². The summed E-state index contributed by atoms with van der Waals surface area (Å²) >= 11 is 0. The molecule has 1 fully saturated rings.